The van der Waals surface area contributed by atoms with Gasteiger partial charge < -0.3 is 19.9 Å². The summed E-state index contributed by atoms with van der Waals surface area (Å²) < 4.78 is 18.6. The second kappa shape index (κ2) is 9.21. The van der Waals surface area contributed by atoms with Crippen molar-refractivity contribution >= 4 is 17.5 Å². The topological polar surface area (TPSA) is 70.6 Å². The Balaban J connectivity index is 1.27. The lowest BCUT2D eigenvalue weighted by molar-refractivity contribution is -0.129. The summed E-state index contributed by atoms with van der Waals surface area (Å²) in [5.41, 5.74) is 1.18. The molecule has 7 nitrogen and oxygen atoms in total. The minimum absolute atomic E-state index is 0.00355. The quantitative estimate of drug-likeness (QED) is 0.677. The summed E-state index contributed by atoms with van der Waals surface area (Å²) in [6.07, 6.45) is 1.54. The maximum Gasteiger partial charge on any atom is 0.242 e. The lowest BCUT2D eigenvalue weighted by Gasteiger charge is -2.36. The third kappa shape index (κ3) is 5.02. The minimum atomic E-state index is -0.337. The molecule has 3 aromatic rings. The number of hydrogen-bond acceptors (Lipinski definition) is 6. The molecule has 0 bridgehead atoms. The standard InChI is InChI=1S/C22H22FN5O2/c23-17-6-8-19(9-7-17)30-20-10-11-24-22(26-20)25-16-21(29)28-14-12-27(13-15-28)18-4-2-1-3-5-18/h1-11H,12-16H2,(H,24,25,26). The molecule has 30 heavy (non-hydrogen) atoms. The SMILES string of the molecule is O=C(CNc1nccc(Oc2ccc(F)cc2)n1)N1CCN(c2ccccc2)CC1. The lowest BCUT2D eigenvalue weighted by atomic mass is 10.2. The number of piperazine rings is 1. The highest BCUT2D eigenvalue weighted by atomic mass is 19.1. The van der Waals surface area contributed by atoms with Crippen LogP contribution in [0.1, 0.15) is 0 Å². The van der Waals surface area contributed by atoms with Gasteiger partial charge in [0.05, 0.1) is 6.54 Å². The molecular formula is C22H22FN5O2. The van der Waals surface area contributed by atoms with Crippen LogP contribution in [0, 0.1) is 5.82 Å². The molecule has 8 heteroatoms. The minimum Gasteiger partial charge on any atom is -0.439 e. The smallest absolute Gasteiger partial charge is 0.242 e. The van der Waals surface area contributed by atoms with Gasteiger partial charge in [-0.15, -0.1) is 0 Å². The van der Waals surface area contributed by atoms with Gasteiger partial charge in [-0.2, -0.15) is 4.98 Å². The molecule has 0 unspecified atom stereocenters. The van der Waals surface area contributed by atoms with Gasteiger partial charge in [0.15, 0.2) is 0 Å². The highest BCUT2D eigenvalue weighted by molar-refractivity contribution is 5.80. The summed E-state index contributed by atoms with van der Waals surface area (Å²) in [6.45, 7) is 3.04. The molecule has 4 rings (SSSR count). The number of anilines is 2. The summed E-state index contributed by atoms with van der Waals surface area (Å²) in [7, 11) is 0. The molecule has 1 aromatic heterocycles. The van der Waals surface area contributed by atoms with E-state index in [9.17, 15) is 9.18 Å². The van der Waals surface area contributed by atoms with E-state index in [4.69, 9.17) is 4.74 Å². The highest BCUT2D eigenvalue weighted by Gasteiger charge is 2.21. The fraction of sp³-hybridized carbons (Fsp3) is 0.227. The Labute approximate surface area is 174 Å². The number of nitrogens with zero attached hydrogens (tertiary/aromatic N) is 4. The normalized spacial score (nSPS) is 13.8. The first-order valence-corrected chi connectivity index (χ1v) is 9.75. The predicted molar refractivity (Wildman–Crippen MR) is 112 cm³/mol. The van der Waals surface area contributed by atoms with E-state index in [1.807, 2.05) is 23.1 Å². The maximum absolute atomic E-state index is 13.0. The first kappa shape index (κ1) is 19.6. The van der Waals surface area contributed by atoms with Gasteiger partial charge in [0.2, 0.25) is 17.7 Å². The van der Waals surface area contributed by atoms with Gasteiger partial charge in [-0.3, -0.25) is 4.79 Å². The second-order valence-electron chi connectivity index (χ2n) is 6.83. The number of amides is 1. The van der Waals surface area contributed by atoms with Crippen LogP contribution in [0.5, 0.6) is 11.6 Å². The molecule has 1 saturated heterocycles. The average Bonchev–Trinajstić information content (AvgIpc) is 2.80. The molecule has 0 radical (unpaired) electrons. The van der Waals surface area contributed by atoms with Crippen molar-refractivity contribution < 1.29 is 13.9 Å². The van der Waals surface area contributed by atoms with Crippen LogP contribution in [0.25, 0.3) is 0 Å². The number of carbonyl (C=O) groups excluding carboxylic acids is 1. The number of rotatable bonds is 6. The molecule has 1 fully saturated rings. The Morgan fingerprint density at radius 1 is 1.00 bits per heavy atom. The van der Waals surface area contributed by atoms with Crippen LogP contribution < -0.4 is 15.0 Å². The summed E-state index contributed by atoms with van der Waals surface area (Å²) in [6, 6.07) is 17.4. The van der Waals surface area contributed by atoms with E-state index in [1.165, 1.54) is 36.1 Å². The number of ether oxygens (including phenoxy) is 1. The lowest BCUT2D eigenvalue weighted by Crippen LogP contribution is -2.50. The van der Waals surface area contributed by atoms with Crippen LogP contribution in [0.3, 0.4) is 0 Å². The number of halogens is 1. The van der Waals surface area contributed by atoms with E-state index in [-0.39, 0.29) is 18.3 Å². The molecule has 0 aliphatic carbocycles. The third-order valence-electron chi connectivity index (χ3n) is 4.82. The van der Waals surface area contributed by atoms with Crippen LogP contribution in [0.2, 0.25) is 0 Å². The average molecular weight is 407 g/mol. The van der Waals surface area contributed by atoms with Crippen LogP contribution in [-0.2, 0) is 4.79 Å². The Morgan fingerprint density at radius 3 is 2.47 bits per heavy atom. The second-order valence-corrected chi connectivity index (χ2v) is 6.83. The van der Waals surface area contributed by atoms with E-state index in [0.717, 1.165) is 13.1 Å². The summed E-state index contributed by atoms with van der Waals surface area (Å²) in [5, 5.41) is 2.95. The van der Waals surface area contributed by atoms with Crippen molar-refractivity contribution in [2.24, 2.45) is 0 Å². The maximum atomic E-state index is 13.0. The Kier molecular flexibility index (Phi) is 6.03. The highest BCUT2D eigenvalue weighted by Crippen LogP contribution is 2.20. The molecular weight excluding hydrogens is 385 g/mol. The molecule has 1 amide bonds. The zero-order valence-corrected chi connectivity index (χ0v) is 16.4. The van der Waals surface area contributed by atoms with Crippen LogP contribution >= 0.6 is 0 Å². The molecule has 0 saturated carbocycles. The van der Waals surface area contributed by atoms with Gasteiger partial charge in [0, 0.05) is 44.1 Å². The molecule has 2 heterocycles. The molecule has 1 N–H and O–H groups in total. The first-order chi connectivity index (χ1) is 14.7. The Morgan fingerprint density at radius 2 is 1.73 bits per heavy atom. The van der Waals surface area contributed by atoms with Crippen molar-refractivity contribution in [3.63, 3.8) is 0 Å². The van der Waals surface area contributed by atoms with Crippen LogP contribution in [0.4, 0.5) is 16.0 Å². The van der Waals surface area contributed by atoms with E-state index in [1.54, 1.807) is 6.07 Å². The van der Waals surface area contributed by atoms with Gasteiger partial charge in [0.25, 0.3) is 0 Å². The van der Waals surface area contributed by atoms with E-state index >= 15 is 0 Å². The number of para-hydroxylation sites is 1. The van der Waals surface area contributed by atoms with E-state index in [0.29, 0.717) is 30.7 Å². The zero-order valence-electron chi connectivity index (χ0n) is 16.4. The van der Waals surface area contributed by atoms with Crippen molar-refractivity contribution in [2.45, 2.75) is 0 Å². The molecule has 0 atom stereocenters. The summed E-state index contributed by atoms with van der Waals surface area (Å²) >= 11 is 0. The van der Waals surface area contributed by atoms with Crippen molar-refractivity contribution in [2.75, 3.05) is 42.9 Å². The van der Waals surface area contributed by atoms with Crippen molar-refractivity contribution in [1.82, 2.24) is 14.9 Å². The molecule has 1 aliphatic heterocycles. The molecule has 1 aliphatic rings. The molecule has 0 spiro atoms. The number of carbonyl (C=O) groups is 1. The van der Waals surface area contributed by atoms with Gasteiger partial charge in [-0.25, -0.2) is 9.37 Å². The zero-order chi connectivity index (χ0) is 20.8. The Hall–Kier alpha value is -3.68. The molecule has 2 aromatic carbocycles. The number of nitrogens with one attached hydrogen (secondary N) is 1. The fourth-order valence-corrected chi connectivity index (χ4v) is 3.23. The third-order valence-corrected chi connectivity index (χ3v) is 4.82. The monoisotopic (exact) mass is 407 g/mol. The number of aromatic nitrogens is 2. The first-order valence-electron chi connectivity index (χ1n) is 9.75. The summed E-state index contributed by atoms with van der Waals surface area (Å²) in [4.78, 5) is 25.0. The van der Waals surface area contributed by atoms with Gasteiger partial charge in [0.1, 0.15) is 11.6 Å². The number of hydrogen-bond donors (Lipinski definition) is 1. The van der Waals surface area contributed by atoms with Crippen LogP contribution in [-0.4, -0.2) is 53.5 Å². The van der Waals surface area contributed by atoms with E-state index < -0.39 is 0 Å². The van der Waals surface area contributed by atoms with Crippen molar-refractivity contribution in [3.8, 4) is 11.6 Å². The largest absolute Gasteiger partial charge is 0.439 e. The molecule has 154 valence electrons. The van der Waals surface area contributed by atoms with Gasteiger partial charge >= 0.3 is 0 Å². The van der Waals surface area contributed by atoms with E-state index in [2.05, 4.69) is 32.3 Å². The number of benzene rings is 2. The fourth-order valence-electron chi connectivity index (χ4n) is 3.23. The van der Waals surface area contributed by atoms with Crippen molar-refractivity contribution in [3.05, 3.63) is 72.7 Å². The Bertz CT molecular complexity index is 976. The summed E-state index contributed by atoms with van der Waals surface area (Å²) in [5.74, 6) is 0.731. The van der Waals surface area contributed by atoms with Crippen LogP contribution in [0.15, 0.2) is 66.9 Å². The predicted octanol–water partition coefficient (Wildman–Crippen LogP) is 3.17. The van der Waals surface area contributed by atoms with Gasteiger partial charge in [-0.1, -0.05) is 18.2 Å². The van der Waals surface area contributed by atoms with Gasteiger partial charge in [-0.05, 0) is 36.4 Å². The van der Waals surface area contributed by atoms with Crippen molar-refractivity contribution in [1.29, 1.82) is 0 Å².